The first kappa shape index (κ1) is 13.2. The summed E-state index contributed by atoms with van der Waals surface area (Å²) in [6, 6.07) is 2.43. The zero-order chi connectivity index (χ0) is 14.2. The normalized spacial score (nSPS) is 27.3. The molecule has 0 radical (unpaired) electrons. The van der Waals surface area contributed by atoms with Crippen LogP contribution >= 0.6 is 0 Å². The van der Waals surface area contributed by atoms with E-state index >= 15 is 0 Å². The lowest BCUT2D eigenvalue weighted by atomic mass is 9.92. The summed E-state index contributed by atoms with van der Waals surface area (Å²) in [5, 5.41) is 0. The van der Waals surface area contributed by atoms with Gasteiger partial charge in [0.2, 0.25) is 0 Å². The second kappa shape index (κ2) is 5.35. The van der Waals surface area contributed by atoms with Crippen LogP contribution in [-0.4, -0.2) is 51.3 Å². The predicted molar refractivity (Wildman–Crippen MR) is 76.6 cm³/mol. The minimum atomic E-state index is -0.892. The number of hydrogen-bond acceptors (Lipinski definition) is 4. The maximum absolute atomic E-state index is 14.1. The summed E-state index contributed by atoms with van der Waals surface area (Å²) in [5.41, 5.74) is 1.75. The molecule has 2 fully saturated rings. The van der Waals surface area contributed by atoms with Crippen molar-refractivity contribution in [2.24, 2.45) is 0 Å². The fraction of sp³-hybridized carbons (Fsp3) is 0.600. The smallest absolute Gasteiger partial charge is 0.140 e. The van der Waals surface area contributed by atoms with Crippen LogP contribution in [0.1, 0.15) is 25.1 Å². The summed E-state index contributed by atoms with van der Waals surface area (Å²) in [6.45, 7) is 1.53. The van der Waals surface area contributed by atoms with Crippen molar-refractivity contribution >= 4 is 11.0 Å². The predicted octanol–water partition coefficient (Wildman–Crippen LogP) is 2.05. The molecule has 0 bridgehead atoms. The molecule has 2 unspecified atom stereocenters. The van der Waals surface area contributed by atoms with Gasteiger partial charge >= 0.3 is 0 Å². The van der Waals surface area contributed by atoms with Crippen LogP contribution in [0, 0.1) is 0 Å². The van der Waals surface area contributed by atoms with Crippen molar-refractivity contribution in [3.05, 3.63) is 24.3 Å². The number of halogens is 1. The number of ether oxygens (including phenoxy) is 1. The largest absolute Gasteiger partial charge is 0.366 e. The van der Waals surface area contributed by atoms with Gasteiger partial charge in [-0.25, -0.2) is 9.37 Å². The lowest BCUT2D eigenvalue weighted by Gasteiger charge is -2.34. The summed E-state index contributed by atoms with van der Waals surface area (Å²) in [5.74, 6) is 0.729. The van der Waals surface area contributed by atoms with Crippen LogP contribution < -0.4 is 0 Å². The molecule has 0 amide bonds. The molecule has 1 aliphatic heterocycles. The van der Waals surface area contributed by atoms with Gasteiger partial charge in [-0.1, -0.05) is 6.42 Å². The Balaban J connectivity index is 1.37. The van der Waals surface area contributed by atoms with Gasteiger partial charge in [0, 0.05) is 25.3 Å². The van der Waals surface area contributed by atoms with Gasteiger partial charge in [-0.05, 0) is 18.9 Å². The molecule has 2 atom stereocenters. The number of H-pyrrole nitrogens is 1. The Hall–Kier alpha value is -1.53. The van der Waals surface area contributed by atoms with E-state index in [1.165, 1.54) is 19.3 Å². The van der Waals surface area contributed by atoms with E-state index in [0.717, 1.165) is 16.9 Å². The van der Waals surface area contributed by atoms with Gasteiger partial charge in [0.1, 0.15) is 24.7 Å². The maximum atomic E-state index is 14.1. The van der Waals surface area contributed by atoms with Crippen LogP contribution in [0.5, 0.6) is 0 Å². The molecule has 0 spiro atoms. The molecule has 1 saturated carbocycles. The number of likely N-dealkylation sites (tertiary alicyclic amines) is 1. The van der Waals surface area contributed by atoms with Crippen molar-refractivity contribution in [2.45, 2.75) is 44.2 Å². The Labute approximate surface area is 122 Å². The average molecular weight is 290 g/mol. The van der Waals surface area contributed by atoms with Crippen molar-refractivity contribution in [2.75, 3.05) is 13.1 Å². The van der Waals surface area contributed by atoms with E-state index in [9.17, 15) is 4.39 Å². The van der Waals surface area contributed by atoms with Crippen LogP contribution in [-0.2, 0) is 11.3 Å². The van der Waals surface area contributed by atoms with Crippen molar-refractivity contribution in [1.29, 1.82) is 0 Å². The van der Waals surface area contributed by atoms with Gasteiger partial charge in [0.15, 0.2) is 0 Å². The van der Waals surface area contributed by atoms with E-state index < -0.39 is 6.17 Å². The van der Waals surface area contributed by atoms with Gasteiger partial charge in [-0.2, -0.15) is 0 Å². The highest BCUT2D eigenvalue weighted by Gasteiger charge is 2.38. The molecule has 2 aromatic rings. The molecule has 2 aromatic heterocycles. The third-order valence-electron chi connectivity index (χ3n) is 4.58. The second-order valence-electron chi connectivity index (χ2n) is 5.98. The van der Waals surface area contributed by atoms with Gasteiger partial charge in [0.25, 0.3) is 0 Å². The number of imidazole rings is 1. The Bertz CT molecular complexity index is 594. The van der Waals surface area contributed by atoms with Crippen molar-refractivity contribution in [1.82, 2.24) is 19.9 Å². The minimum Gasteiger partial charge on any atom is -0.366 e. The lowest BCUT2D eigenvalue weighted by Crippen LogP contribution is -2.39. The van der Waals surface area contributed by atoms with Crippen molar-refractivity contribution < 1.29 is 9.13 Å². The number of fused-ring (bicyclic) bond motifs is 1. The van der Waals surface area contributed by atoms with Gasteiger partial charge in [0.05, 0.1) is 17.2 Å². The monoisotopic (exact) mass is 290 g/mol. The number of nitrogens with zero attached hydrogens (tertiary/aromatic N) is 3. The Morgan fingerprint density at radius 1 is 1.38 bits per heavy atom. The molecule has 112 valence electrons. The van der Waals surface area contributed by atoms with Crippen LogP contribution in [0.4, 0.5) is 4.39 Å². The number of aromatic amines is 1. The summed E-state index contributed by atoms with van der Waals surface area (Å²) >= 11 is 0. The highest BCUT2D eigenvalue weighted by Crippen LogP contribution is 2.30. The highest BCUT2D eigenvalue weighted by atomic mass is 19.1. The van der Waals surface area contributed by atoms with E-state index in [4.69, 9.17) is 4.74 Å². The Morgan fingerprint density at radius 2 is 2.29 bits per heavy atom. The van der Waals surface area contributed by atoms with Crippen LogP contribution in [0.3, 0.4) is 0 Å². The number of hydrogen-bond donors (Lipinski definition) is 1. The number of pyridine rings is 1. The van der Waals surface area contributed by atoms with E-state index in [-0.39, 0.29) is 6.10 Å². The van der Waals surface area contributed by atoms with Gasteiger partial charge in [-0.3, -0.25) is 9.88 Å². The highest BCUT2D eigenvalue weighted by molar-refractivity contribution is 5.73. The van der Waals surface area contributed by atoms with Crippen LogP contribution in [0.15, 0.2) is 18.5 Å². The molecule has 4 rings (SSSR count). The number of nitrogens with one attached hydrogen (secondary N) is 1. The molecular formula is C15H19FN4O. The fourth-order valence-corrected chi connectivity index (χ4v) is 3.13. The first-order chi connectivity index (χ1) is 10.3. The molecule has 5 nitrogen and oxygen atoms in total. The summed E-state index contributed by atoms with van der Waals surface area (Å²) < 4.78 is 19.8. The molecule has 6 heteroatoms. The SMILES string of the molecule is FC1CN(C2CCC2)CC1OCc1nc2ccncc2[nH]1. The van der Waals surface area contributed by atoms with Crippen LogP contribution in [0.25, 0.3) is 11.0 Å². The minimum absolute atomic E-state index is 0.318. The standard InChI is InChI=1S/C15H19FN4O/c16-11-7-20(10-2-1-3-10)8-14(11)21-9-15-18-12-4-5-17-6-13(12)19-15/h4-6,10-11,14H,1-3,7-9H2,(H,18,19). The average Bonchev–Trinajstić information content (AvgIpc) is 2.98. The zero-order valence-corrected chi connectivity index (χ0v) is 11.8. The molecule has 2 aliphatic rings. The van der Waals surface area contributed by atoms with Crippen molar-refractivity contribution in [3.8, 4) is 0 Å². The molecule has 21 heavy (non-hydrogen) atoms. The number of rotatable bonds is 4. The maximum Gasteiger partial charge on any atom is 0.140 e. The number of aromatic nitrogens is 3. The number of alkyl halides is 1. The lowest BCUT2D eigenvalue weighted by molar-refractivity contribution is 0.00648. The summed E-state index contributed by atoms with van der Waals surface area (Å²) in [7, 11) is 0. The van der Waals surface area contributed by atoms with Gasteiger partial charge < -0.3 is 9.72 Å². The topological polar surface area (TPSA) is 54.0 Å². The Kier molecular flexibility index (Phi) is 3.35. The molecule has 1 saturated heterocycles. The van der Waals surface area contributed by atoms with E-state index in [2.05, 4.69) is 19.9 Å². The van der Waals surface area contributed by atoms with E-state index in [1.54, 1.807) is 12.4 Å². The molecule has 1 N–H and O–H groups in total. The van der Waals surface area contributed by atoms with E-state index in [1.807, 2.05) is 6.07 Å². The third kappa shape index (κ3) is 2.53. The van der Waals surface area contributed by atoms with E-state index in [0.29, 0.717) is 25.7 Å². The third-order valence-corrected chi connectivity index (χ3v) is 4.58. The summed E-state index contributed by atoms with van der Waals surface area (Å²) in [4.78, 5) is 13.9. The Morgan fingerprint density at radius 3 is 3.05 bits per heavy atom. The van der Waals surface area contributed by atoms with Gasteiger partial charge in [-0.15, -0.1) is 0 Å². The molecule has 1 aliphatic carbocycles. The first-order valence-electron chi connectivity index (χ1n) is 7.58. The van der Waals surface area contributed by atoms with Crippen molar-refractivity contribution in [3.63, 3.8) is 0 Å². The molecular weight excluding hydrogens is 271 g/mol. The fourth-order valence-electron chi connectivity index (χ4n) is 3.13. The first-order valence-corrected chi connectivity index (χ1v) is 7.58. The zero-order valence-electron chi connectivity index (χ0n) is 11.8. The molecule has 3 heterocycles. The van der Waals surface area contributed by atoms with Crippen LogP contribution in [0.2, 0.25) is 0 Å². The summed E-state index contributed by atoms with van der Waals surface area (Å²) in [6.07, 6.45) is 5.90. The quantitative estimate of drug-likeness (QED) is 0.936. The second-order valence-corrected chi connectivity index (χ2v) is 5.98. The molecule has 0 aromatic carbocycles.